The van der Waals surface area contributed by atoms with E-state index in [1.807, 2.05) is 12.1 Å². The highest BCUT2D eigenvalue weighted by atomic mass is 32.2. The summed E-state index contributed by atoms with van der Waals surface area (Å²) in [7, 11) is -3.79. The van der Waals surface area contributed by atoms with Gasteiger partial charge in [0.2, 0.25) is 10.0 Å². The van der Waals surface area contributed by atoms with Crippen LogP contribution in [0, 0.1) is 5.82 Å². The summed E-state index contributed by atoms with van der Waals surface area (Å²) in [6.45, 7) is 0.869. The summed E-state index contributed by atoms with van der Waals surface area (Å²) >= 11 is 5.57. The molecule has 0 aliphatic heterocycles. The van der Waals surface area contributed by atoms with Gasteiger partial charge in [0.1, 0.15) is 5.82 Å². The van der Waals surface area contributed by atoms with Gasteiger partial charge >= 0.3 is 0 Å². The van der Waals surface area contributed by atoms with Gasteiger partial charge in [-0.15, -0.1) is 0 Å². The molecule has 0 saturated carbocycles. The number of nitrogens with zero attached hydrogens (tertiary/aromatic N) is 2. The Bertz CT molecular complexity index is 1070. The number of aromatic nitrogens is 1. The first-order valence-corrected chi connectivity index (χ1v) is 10.6. The lowest BCUT2D eigenvalue weighted by Crippen LogP contribution is -2.39. The lowest BCUT2D eigenvalue weighted by atomic mass is 10.2. The van der Waals surface area contributed by atoms with Crippen LogP contribution in [0.3, 0.4) is 0 Å². The fourth-order valence-electron chi connectivity index (χ4n) is 2.64. The second kappa shape index (κ2) is 9.08. The van der Waals surface area contributed by atoms with Crippen molar-refractivity contribution in [1.29, 1.82) is 0 Å². The first-order chi connectivity index (χ1) is 13.8. The lowest BCUT2D eigenvalue weighted by Gasteiger charge is -2.26. The third kappa shape index (κ3) is 5.80. The molecule has 0 bridgehead atoms. The minimum Gasteiger partial charge on any atom is -0.358 e. The van der Waals surface area contributed by atoms with Crippen molar-refractivity contribution in [3.05, 3.63) is 90.0 Å². The number of hydrogen-bond donors (Lipinski definition) is 2. The number of primary sulfonamides is 1. The summed E-state index contributed by atoms with van der Waals surface area (Å²) in [6.07, 6.45) is 3.39. The number of thiocarbonyl (C=S) groups is 1. The molecule has 3 rings (SSSR count). The zero-order valence-electron chi connectivity index (χ0n) is 15.3. The summed E-state index contributed by atoms with van der Waals surface area (Å²) < 4.78 is 36.3. The largest absolute Gasteiger partial charge is 0.358 e. The molecular weight excluding hydrogens is 411 g/mol. The lowest BCUT2D eigenvalue weighted by molar-refractivity contribution is 0.598. The van der Waals surface area contributed by atoms with Crippen molar-refractivity contribution in [2.75, 3.05) is 4.90 Å². The van der Waals surface area contributed by atoms with Gasteiger partial charge in [-0.05, 0) is 71.9 Å². The molecule has 0 fully saturated rings. The summed E-state index contributed by atoms with van der Waals surface area (Å²) in [5, 5.41) is 8.80. The second-order valence-corrected chi connectivity index (χ2v) is 8.21. The maximum atomic E-state index is 13.2. The Labute approximate surface area is 174 Å². The first-order valence-electron chi connectivity index (χ1n) is 8.64. The number of pyridine rings is 1. The van der Waals surface area contributed by atoms with Crippen molar-refractivity contribution in [3.63, 3.8) is 0 Å². The molecule has 3 aromatic rings. The Morgan fingerprint density at radius 1 is 1.00 bits per heavy atom. The average Bonchev–Trinajstić information content (AvgIpc) is 2.72. The highest BCUT2D eigenvalue weighted by molar-refractivity contribution is 7.89. The number of nitrogens with one attached hydrogen (secondary N) is 1. The van der Waals surface area contributed by atoms with E-state index >= 15 is 0 Å². The van der Waals surface area contributed by atoms with Crippen LogP contribution < -0.4 is 15.4 Å². The van der Waals surface area contributed by atoms with Crippen molar-refractivity contribution < 1.29 is 12.8 Å². The van der Waals surface area contributed by atoms with Crippen molar-refractivity contribution in [3.8, 4) is 0 Å². The number of halogens is 1. The molecule has 0 amide bonds. The van der Waals surface area contributed by atoms with Crippen molar-refractivity contribution >= 4 is 33.0 Å². The minimum absolute atomic E-state index is 0.0126. The van der Waals surface area contributed by atoms with Crippen LogP contribution in [0.4, 0.5) is 10.1 Å². The Morgan fingerprint density at radius 2 is 1.62 bits per heavy atom. The molecule has 2 aromatic carbocycles. The van der Waals surface area contributed by atoms with Gasteiger partial charge in [0, 0.05) is 24.6 Å². The van der Waals surface area contributed by atoms with Gasteiger partial charge < -0.3 is 10.2 Å². The molecule has 1 aromatic heterocycles. The number of hydrogen-bond acceptors (Lipinski definition) is 4. The second-order valence-electron chi connectivity index (χ2n) is 6.27. The van der Waals surface area contributed by atoms with Gasteiger partial charge in [-0.25, -0.2) is 17.9 Å². The van der Waals surface area contributed by atoms with Crippen LogP contribution in [-0.4, -0.2) is 18.5 Å². The third-order valence-electron chi connectivity index (χ3n) is 4.17. The van der Waals surface area contributed by atoms with E-state index in [1.165, 1.54) is 24.3 Å². The number of benzene rings is 2. The SMILES string of the molecule is NS(=O)(=O)c1ccc(N(Cc2ccc(F)cc2)C(=S)NCc2ccncc2)cc1. The molecule has 9 heteroatoms. The fraction of sp³-hybridized carbons (Fsp3) is 0.100. The van der Waals surface area contributed by atoms with Crippen molar-refractivity contribution in [2.45, 2.75) is 18.0 Å². The van der Waals surface area contributed by atoms with E-state index < -0.39 is 10.0 Å². The van der Waals surface area contributed by atoms with E-state index in [4.69, 9.17) is 17.4 Å². The van der Waals surface area contributed by atoms with Gasteiger partial charge in [-0.3, -0.25) is 4.98 Å². The highest BCUT2D eigenvalue weighted by Crippen LogP contribution is 2.20. The van der Waals surface area contributed by atoms with Gasteiger partial charge in [0.15, 0.2) is 5.11 Å². The standard InChI is InChI=1S/C20H19FN4O2S2/c21-17-3-1-16(2-4-17)14-25(18-5-7-19(8-6-18)29(22,26)27)20(28)24-13-15-9-11-23-12-10-15/h1-12H,13-14H2,(H,24,28)(H2,22,26,27). The number of rotatable bonds is 6. The highest BCUT2D eigenvalue weighted by Gasteiger charge is 2.15. The Kier molecular flexibility index (Phi) is 6.53. The molecule has 0 unspecified atom stereocenters. The molecular formula is C20H19FN4O2S2. The van der Waals surface area contributed by atoms with Crippen molar-refractivity contribution in [2.24, 2.45) is 5.14 Å². The summed E-state index contributed by atoms with van der Waals surface area (Å²) in [5.41, 5.74) is 2.53. The summed E-state index contributed by atoms with van der Waals surface area (Å²) in [4.78, 5) is 5.80. The molecule has 0 aliphatic carbocycles. The molecule has 3 N–H and O–H groups in total. The molecule has 150 valence electrons. The summed E-state index contributed by atoms with van der Waals surface area (Å²) in [6, 6.07) is 16.0. The number of sulfonamides is 1. The molecule has 0 aliphatic rings. The van der Waals surface area contributed by atoms with E-state index in [0.29, 0.717) is 23.9 Å². The molecule has 0 spiro atoms. The van der Waals surface area contributed by atoms with Gasteiger partial charge in [-0.1, -0.05) is 12.1 Å². The van der Waals surface area contributed by atoms with Crippen LogP contribution in [-0.2, 0) is 23.1 Å². The topological polar surface area (TPSA) is 88.3 Å². The normalized spacial score (nSPS) is 11.1. The van der Waals surface area contributed by atoms with Crippen LogP contribution in [0.1, 0.15) is 11.1 Å². The molecule has 1 heterocycles. The molecule has 0 saturated heterocycles. The van der Waals surface area contributed by atoms with E-state index in [9.17, 15) is 12.8 Å². The molecule has 6 nitrogen and oxygen atoms in total. The predicted octanol–water partition coefficient (Wildman–Crippen LogP) is 2.95. The molecule has 0 atom stereocenters. The van der Waals surface area contributed by atoms with Crippen LogP contribution >= 0.6 is 12.2 Å². The maximum Gasteiger partial charge on any atom is 0.238 e. The van der Waals surface area contributed by atoms with Gasteiger partial charge in [0.25, 0.3) is 0 Å². The summed E-state index contributed by atoms with van der Waals surface area (Å²) in [5.74, 6) is -0.323. The predicted molar refractivity (Wildman–Crippen MR) is 114 cm³/mol. The van der Waals surface area contributed by atoms with E-state index in [1.54, 1.807) is 41.6 Å². The fourth-order valence-corrected chi connectivity index (χ4v) is 3.40. The van der Waals surface area contributed by atoms with Crippen LogP contribution in [0.2, 0.25) is 0 Å². The van der Waals surface area contributed by atoms with E-state index in [-0.39, 0.29) is 10.7 Å². The molecule has 0 radical (unpaired) electrons. The van der Waals surface area contributed by atoms with Gasteiger partial charge in [0.05, 0.1) is 11.4 Å². The Morgan fingerprint density at radius 3 is 2.21 bits per heavy atom. The maximum absolute atomic E-state index is 13.2. The Balaban J connectivity index is 1.84. The smallest absolute Gasteiger partial charge is 0.238 e. The Hall–Kier alpha value is -2.88. The number of nitrogens with two attached hydrogens (primary N) is 1. The van der Waals surface area contributed by atoms with Crippen LogP contribution in [0.15, 0.2) is 78.0 Å². The van der Waals surface area contributed by atoms with Gasteiger partial charge in [-0.2, -0.15) is 0 Å². The van der Waals surface area contributed by atoms with Crippen LogP contribution in [0.25, 0.3) is 0 Å². The first kappa shape index (κ1) is 20.8. The van der Waals surface area contributed by atoms with Crippen molar-refractivity contribution in [1.82, 2.24) is 10.3 Å². The average molecular weight is 431 g/mol. The van der Waals surface area contributed by atoms with E-state index in [2.05, 4.69) is 10.3 Å². The molecule has 29 heavy (non-hydrogen) atoms. The van der Waals surface area contributed by atoms with Crippen LogP contribution in [0.5, 0.6) is 0 Å². The third-order valence-corrected chi connectivity index (χ3v) is 5.46. The van der Waals surface area contributed by atoms with E-state index in [0.717, 1.165) is 11.1 Å². The number of anilines is 1. The minimum atomic E-state index is -3.79. The monoisotopic (exact) mass is 430 g/mol. The zero-order valence-corrected chi connectivity index (χ0v) is 17.0. The zero-order chi connectivity index (χ0) is 20.9. The quantitative estimate of drug-likeness (QED) is 0.585.